The number of benzene rings is 2. The van der Waals surface area contributed by atoms with Crippen molar-refractivity contribution >= 4 is 11.9 Å². The fourth-order valence-electron chi connectivity index (χ4n) is 3.97. The lowest BCUT2D eigenvalue weighted by Gasteiger charge is -2.32. The van der Waals surface area contributed by atoms with E-state index in [4.69, 9.17) is 0 Å². The Balaban J connectivity index is 1.80. The van der Waals surface area contributed by atoms with Gasteiger partial charge in [-0.2, -0.15) is 0 Å². The Bertz CT molecular complexity index is 734. The molecule has 0 saturated heterocycles. The van der Waals surface area contributed by atoms with Gasteiger partial charge in [0.2, 0.25) is 0 Å². The van der Waals surface area contributed by atoms with Gasteiger partial charge in [-0.3, -0.25) is 4.99 Å². The van der Waals surface area contributed by atoms with Gasteiger partial charge in [-0.15, -0.1) is 0 Å². The molecule has 1 spiro atoms. The first-order valence-electron chi connectivity index (χ1n) is 8.14. The second-order valence-corrected chi connectivity index (χ2v) is 6.72. The van der Waals surface area contributed by atoms with Crippen LogP contribution in [0.1, 0.15) is 43.2 Å². The molecule has 1 fully saturated rings. The molecule has 2 heteroatoms. The SMILES string of the molecule is Cc1cc(F)cc(-c2ccc3c(c2)C2(C=N3)CCCCC2)c1. The maximum absolute atomic E-state index is 13.7. The van der Waals surface area contributed by atoms with Crippen molar-refractivity contribution in [3.05, 3.63) is 53.3 Å². The monoisotopic (exact) mass is 293 g/mol. The van der Waals surface area contributed by atoms with Gasteiger partial charge < -0.3 is 0 Å². The van der Waals surface area contributed by atoms with Gasteiger partial charge in [0.15, 0.2) is 0 Å². The Morgan fingerprint density at radius 3 is 2.55 bits per heavy atom. The van der Waals surface area contributed by atoms with Gasteiger partial charge in [0.05, 0.1) is 5.69 Å². The first-order valence-corrected chi connectivity index (χ1v) is 8.14. The molecular weight excluding hydrogens is 273 g/mol. The molecular formula is C20H20FN. The predicted molar refractivity (Wildman–Crippen MR) is 89.5 cm³/mol. The molecule has 1 aliphatic carbocycles. The molecule has 1 nitrogen and oxygen atoms in total. The van der Waals surface area contributed by atoms with E-state index in [2.05, 4.69) is 29.4 Å². The van der Waals surface area contributed by atoms with Crippen LogP contribution < -0.4 is 0 Å². The van der Waals surface area contributed by atoms with Crippen LogP contribution in [0.25, 0.3) is 11.1 Å². The molecule has 0 N–H and O–H groups in total. The van der Waals surface area contributed by atoms with E-state index < -0.39 is 0 Å². The third kappa shape index (κ3) is 2.18. The third-order valence-electron chi connectivity index (χ3n) is 5.10. The average molecular weight is 293 g/mol. The molecule has 0 atom stereocenters. The normalized spacial score (nSPS) is 18.6. The van der Waals surface area contributed by atoms with E-state index in [0.717, 1.165) is 22.4 Å². The zero-order valence-corrected chi connectivity index (χ0v) is 12.9. The quantitative estimate of drug-likeness (QED) is 0.637. The summed E-state index contributed by atoms with van der Waals surface area (Å²) in [5, 5.41) is 0. The molecule has 112 valence electrons. The molecule has 2 aromatic carbocycles. The van der Waals surface area contributed by atoms with Gasteiger partial charge in [0.25, 0.3) is 0 Å². The fraction of sp³-hybridized carbons (Fsp3) is 0.350. The minimum atomic E-state index is -0.167. The third-order valence-corrected chi connectivity index (χ3v) is 5.10. The van der Waals surface area contributed by atoms with Crippen LogP contribution in [0.4, 0.5) is 10.1 Å². The molecule has 2 aliphatic rings. The van der Waals surface area contributed by atoms with Crippen LogP contribution in [0.5, 0.6) is 0 Å². The van der Waals surface area contributed by atoms with Crippen molar-refractivity contribution in [2.45, 2.75) is 44.4 Å². The lowest BCUT2D eigenvalue weighted by molar-refractivity contribution is 0.391. The molecule has 2 aromatic rings. The summed E-state index contributed by atoms with van der Waals surface area (Å²) in [4.78, 5) is 4.65. The fourth-order valence-corrected chi connectivity index (χ4v) is 3.97. The number of halogens is 1. The van der Waals surface area contributed by atoms with Crippen LogP contribution in [0.2, 0.25) is 0 Å². The van der Waals surface area contributed by atoms with Crippen molar-refractivity contribution in [1.82, 2.24) is 0 Å². The summed E-state index contributed by atoms with van der Waals surface area (Å²) in [6.07, 6.45) is 8.42. The highest BCUT2D eigenvalue weighted by Gasteiger charge is 2.37. The summed E-state index contributed by atoms with van der Waals surface area (Å²) >= 11 is 0. The molecule has 0 radical (unpaired) electrons. The lowest BCUT2D eigenvalue weighted by atomic mass is 9.70. The maximum atomic E-state index is 13.7. The largest absolute Gasteiger partial charge is 0.260 e. The van der Waals surface area contributed by atoms with Crippen molar-refractivity contribution in [2.24, 2.45) is 4.99 Å². The Kier molecular flexibility index (Phi) is 3.14. The van der Waals surface area contributed by atoms with Gasteiger partial charge in [0, 0.05) is 11.6 Å². The second-order valence-electron chi connectivity index (χ2n) is 6.72. The molecule has 1 saturated carbocycles. The number of fused-ring (bicyclic) bond motifs is 2. The zero-order valence-electron chi connectivity index (χ0n) is 12.9. The molecule has 0 unspecified atom stereocenters. The van der Waals surface area contributed by atoms with E-state index in [1.165, 1.54) is 37.7 Å². The van der Waals surface area contributed by atoms with Crippen molar-refractivity contribution in [1.29, 1.82) is 0 Å². The number of aryl methyl sites for hydroxylation is 1. The van der Waals surface area contributed by atoms with E-state index in [1.807, 2.05) is 13.0 Å². The molecule has 4 rings (SSSR count). The van der Waals surface area contributed by atoms with Crippen molar-refractivity contribution in [3.63, 3.8) is 0 Å². The minimum absolute atomic E-state index is 0.131. The van der Waals surface area contributed by atoms with Gasteiger partial charge in [0.1, 0.15) is 5.82 Å². The first-order chi connectivity index (χ1) is 10.7. The summed E-state index contributed by atoms with van der Waals surface area (Å²) in [6.45, 7) is 1.94. The number of aliphatic imine (C=N–C) groups is 1. The summed E-state index contributed by atoms with van der Waals surface area (Å²) in [5.41, 5.74) is 5.57. The molecule has 0 bridgehead atoms. The molecule has 0 amide bonds. The van der Waals surface area contributed by atoms with Crippen LogP contribution in [-0.2, 0) is 5.41 Å². The Morgan fingerprint density at radius 2 is 1.77 bits per heavy atom. The van der Waals surface area contributed by atoms with Crippen molar-refractivity contribution in [3.8, 4) is 11.1 Å². The predicted octanol–water partition coefficient (Wildman–Crippen LogP) is 5.72. The van der Waals surface area contributed by atoms with Gasteiger partial charge >= 0.3 is 0 Å². The second kappa shape index (κ2) is 5.05. The summed E-state index contributed by atoms with van der Waals surface area (Å²) in [7, 11) is 0. The Hall–Kier alpha value is -1.96. The molecule has 22 heavy (non-hydrogen) atoms. The summed E-state index contributed by atoms with van der Waals surface area (Å²) in [6, 6.07) is 11.6. The van der Waals surface area contributed by atoms with E-state index in [-0.39, 0.29) is 11.2 Å². The Morgan fingerprint density at radius 1 is 0.955 bits per heavy atom. The number of nitrogens with zero attached hydrogens (tertiary/aromatic N) is 1. The van der Waals surface area contributed by atoms with Crippen LogP contribution >= 0.6 is 0 Å². The average Bonchev–Trinajstić information content (AvgIpc) is 2.85. The first kappa shape index (κ1) is 13.7. The number of hydrogen-bond donors (Lipinski definition) is 0. The highest BCUT2D eigenvalue weighted by Crippen LogP contribution is 2.47. The highest BCUT2D eigenvalue weighted by atomic mass is 19.1. The molecule has 0 aromatic heterocycles. The van der Waals surface area contributed by atoms with E-state index in [0.29, 0.717) is 0 Å². The van der Waals surface area contributed by atoms with E-state index in [1.54, 1.807) is 12.1 Å². The van der Waals surface area contributed by atoms with Crippen LogP contribution in [0.3, 0.4) is 0 Å². The minimum Gasteiger partial charge on any atom is -0.260 e. The highest BCUT2D eigenvalue weighted by molar-refractivity contribution is 5.87. The number of rotatable bonds is 1. The van der Waals surface area contributed by atoms with E-state index in [9.17, 15) is 4.39 Å². The van der Waals surface area contributed by atoms with Crippen molar-refractivity contribution < 1.29 is 4.39 Å². The van der Waals surface area contributed by atoms with E-state index >= 15 is 0 Å². The summed E-state index contributed by atoms with van der Waals surface area (Å²) < 4.78 is 13.7. The molecule has 1 heterocycles. The lowest BCUT2D eigenvalue weighted by Crippen LogP contribution is -2.28. The maximum Gasteiger partial charge on any atom is 0.124 e. The zero-order chi connectivity index (χ0) is 15.2. The van der Waals surface area contributed by atoms with Crippen LogP contribution in [-0.4, -0.2) is 6.21 Å². The topological polar surface area (TPSA) is 12.4 Å². The Labute approximate surface area is 130 Å². The van der Waals surface area contributed by atoms with Gasteiger partial charge in [-0.1, -0.05) is 31.4 Å². The van der Waals surface area contributed by atoms with Crippen LogP contribution in [0.15, 0.2) is 41.4 Å². The standard InChI is InChI=1S/C20H20FN/c1-14-9-16(11-17(21)10-14)15-5-6-19-18(12-15)20(13-22-19)7-3-2-4-8-20/h5-6,9-13H,2-4,7-8H2,1H3. The van der Waals surface area contributed by atoms with Gasteiger partial charge in [-0.25, -0.2) is 4.39 Å². The van der Waals surface area contributed by atoms with Crippen LogP contribution in [0, 0.1) is 12.7 Å². The molecule has 1 aliphatic heterocycles. The summed E-state index contributed by atoms with van der Waals surface area (Å²) in [5.74, 6) is -0.167. The van der Waals surface area contributed by atoms with Gasteiger partial charge in [-0.05, 0) is 66.3 Å². The smallest absolute Gasteiger partial charge is 0.124 e. The van der Waals surface area contributed by atoms with Crippen molar-refractivity contribution in [2.75, 3.05) is 0 Å². The number of hydrogen-bond acceptors (Lipinski definition) is 1.